The van der Waals surface area contributed by atoms with Crippen molar-refractivity contribution < 1.29 is 53.1 Å². The van der Waals surface area contributed by atoms with Crippen LogP contribution in [0.15, 0.2) is 22.7 Å². The van der Waals surface area contributed by atoms with Gasteiger partial charge in [-0.25, -0.2) is 0 Å². The minimum absolute atomic E-state index is 0.00768. The van der Waals surface area contributed by atoms with Crippen LogP contribution in [0.5, 0.6) is 5.88 Å². The van der Waals surface area contributed by atoms with E-state index in [4.69, 9.17) is 33.9 Å². The lowest BCUT2D eigenvalue weighted by atomic mass is 9.93. The molecule has 0 saturated carbocycles. The molecule has 256 valence electrons. The van der Waals surface area contributed by atoms with Crippen molar-refractivity contribution in [3.05, 3.63) is 22.7 Å². The molecule has 1 N–H and O–H groups in total. The van der Waals surface area contributed by atoms with Gasteiger partial charge in [0.25, 0.3) is 0 Å². The summed E-state index contributed by atoms with van der Waals surface area (Å²) in [6.07, 6.45) is -8.00. The Morgan fingerprint density at radius 3 is 1.85 bits per heavy atom. The number of nitrogens with one attached hydrogen (secondary N) is 1. The quantitative estimate of drug-likeness (QED) is 0.270. The smallest absolute Gasteiger partial charge is 0.311 e. The van der Waals surface area contributed by atoms with Crippen LogP contribution in [-0.4, -0.2) is 71.4 Å². The van der Waals surface area contributed by atoms with E-state index in [-0.39, 0.29) is 26.6 Å². The third-order valence-corrected chi connectivity index (χ3v) is 7.30. The Hall–Kier alpha value is -3.19. The lowest BCUT2D eigenvalue weighted by Crippen LogP contribution is -2.65. The van der Waals surface area contributed by atoms with Crippen LogP contribution < -0.4 is 4.74 Å². The van der Waals surface area contributed by atoms with Crippen molar-refractivity contribution >= 4 is 50.7 Å². The van der Waals surface area contributed by atoms with E-state index >= 15 is 0 Å². The van der Waals surface area contributed by atoms with Crippen molar-refractivity contribution in [2.45, 2.75) is 114 Å². The number of esters is 4. The van der Waals surface area contributed by atoms with Crippen molar-refractivity contribution in [3.63, 3.8) is 0 Å². The highest BCUT2D eigenvalue weighted by molar-refractivity contribution is 9.10. The van der Waals surface area contributed by atoms with E-state index in [0.29, 0.717) is 15.4 Å². The predicted molar refractivity (Wildman–Crippen MR) is 172 cm³/mol. The molecule has 0 aliphatic carbocycles. The molecular formula is C33H47BrN2O10. The van der Waals surface area contributed by atoms with Gasteiger partial charge >= 0.3 is 23.9 Å². The van der Waals surface area contributed by atoms with Crippen molar-refractivity contribution in [1.29, 1.82) is 0 Å². The van der Waals surface area contributed by atoms with E-state index in [2.05, 4.69) is 26.1 Å². The van der Waals surface area contributed by atoms with Gasteiger partial charge in [-0.3, -0.25) is 24.3 Å². The second-order valence-corrected chi connectivity index (χ2v) is 15.0. The molecule has 2 heterocycles. The summed E-state index contributed by atoms with van der Waals surface area (Å²) in [5.41, 5.74) is -4.72. The van der Waals surface area contributed by atoms with E-state index < -0.39 is 89.7 Å². The van der Waals surface area contributed by atoms with E-state index in [1.54, 1.807) is 18.2 Å². The van der Waals surface area contributed by atoms with Gasteiger partial charge in [0.05, 0.1) is 32.6 Å². The van der Waals surface area contributed by atoms with Gasteiger partial charge in [0.15, 0.2) is 12.2 Å². The van der Waals surface area contributed by atoms with Gasteiger partial charge < -0.3 is 28.4 Å². The Morgan fingerprint density at radius 1 is 0.804 bits per heavy atom. The number of aromatic nitrogens is 2. The lowest BCUT2D eigenvalue weighted by molar-refractivity contribution is -0.294. The minimum Gasteiger partial charge on any atom is -0.462 e. The number of ether oxygens (including phenoxy) is 6. The van der Waals surface area contributed by atoms with Crippen LogP contribution in [0.25, 0.3) is 10.9 Å². The molecule has 2 aromatic rings. The highest BCUT2D eigenvalue weighted by Gasteiger charge is 2.56. The summed E-state index contributed by atoms with van der Waals surface area (Å²) in [7, 11) is 0. The summed E-state index contributed by atoms with van der Waals surface area (Å²) in [4.78, 5) is 53.7. The molecule has 13 heteroatoms. The van der Waals surface area contributed by atoms with Gasteiger partial charge in [-0.05, 0) is 111 Å². The van der Waals surface area contributed by atoms with Crippen LogP contribution >= 0.6 is 15.9 Å². The normalized spacial score (nSPS) is 23.7. The SMILES string of the molecule is [2H]CC(C)(C)C(=O)OC[C@H]1OC(Oc2n[nH]c3cccc(Br)c23)[C@H](OC(=O)C(C)(C)C[2H])[C@@H](OC(=O)C(C)(C)C[2H])[C@@H]1OC(=O)C(C)(C)C[2H]. The molecule has 0 radical (unpaired) electrons. The number of carbonyl (C=O) groups excluding carboxylic acids is 4. The van der Waals surface area contributed by atoms with E-state index in [9.17, 15) is 19.2 Å². The summed E-state index contributed by atoms with van der Waals surface area (Å²) >= 11 is 3.48. The molecule has 1 aliphatic heterocycles. The summed E-state index contributed by atoms with van der Waals surface area (Å²) < 4.78 is 68.1. The average molecular weight is 716 g/mol. The lowest BCUT2D eigenvalue weighted by Gasteiger charge is -2.45. The number of H-pyrrole nitrogens is 1. The second kappa shape index (κ2) is 13.5. The molecule has 5 atom stereocenters. The molecule has 46 heavy (non-hydrogen) atoms. The van der Waals surface area contributed by atoms with Crippen LogP contribution in [0.2, 0.25) is 0 Å². The van der Waals surface area contributed by atoms with Crippen molar-refractivity contribution in [2.24, 2.45) is 21.7 Å². The number of fused-ring (bicyclic) bond motifs is 1. The van der Waals surface area contributed by atoms with E-state index in [0.717, 1.165) is 0 Å². The molecule has 3 rings (SSSR count). The topological polar surface area (TPSA) is 152 Å². The number of rotatable bonds is 7. The van der Waals surface area contributed by atoms with Gasteiger partial charge in [0.1, 0.15) is 12.7 Å². The standard InChI is InChI=1S/C33H47BrN2O10/c1-30(2,3)26(37)41-16-19-21(43-27(38)31(4,5)6)22(44-28(39)32(7,8)9)23(45-29(40)33(10,11)12)25(42-19)46-24-20-17(34)14-13-15-18(20)35-36-24/h13-15,19,21-23,25H,16H2,1-12H3,(H,35,36)/t19-,21-,22+,23-,25?/m1/s1/i1D,4D,7D,10D. The molecule has 0 spiro atoms. The number of halogens is 1. The third kappa shape index (κ3) is 8.99. The third-order valence-electron chi connectivity index (χ3n) is 6.64. The molecule has 1 aromatic heterocycles. The second-order valence-electron chi connectivity index (χ2n) is 14.1. The number of carbonyl (C=O) groups is 4. The first-order valence-corrected chi connectivity index (χ1v) is 15.4. The minimum atomic E-state index is -1.68. The summed E-state index contributed by atoms with van der Waals surface area (Å²) in [5, 5.41) is 7.57. The molecule has 12 nitrogen and oxygen atoms in total. The number of benzene rings is 1. The summed E-state index contributed by atoms with van der Waals surface area (Å²) in [6, 6.07) is 5.25. The number of hydrogen-bond donors (Lipinski definition) is 1. The number of aromatic amines is 1. The molecule has 1 fully saturated rings. The maximum atomic E-state index is 13.6. The Balaban J connectivity index is 2.24. The van der Waals surface area contributed by atoms with Crippen LogP contribution in [0.3, 0.4) is 0 Å². The van der Waals surface area contributed by atoms with Gasteiger partial charge in [0, 0.05) is 9.96 Å². The Bertz CT molecular complexity index is 1550. The molecular weight excluding hydrogens is 664 g/mol. The van der Waals surface area contributed by atoms with E-state index in [1.165, 1.54) is 55.4 Å². The average Bonchev–Trinajstić information content (AvgIpc) is 3.49. The fourth-order valence-corrected chi connectivity index (χ4v) is 4.44. The zero-order valence-electron chi connectivity index (χ0n) is 31.6. The number of nitrogens with zero attached hydrogens (tertiary/aromatic N) is 1. The molecule has 1 saturated heterocycles. The van der Waals surface area contributed by atoms with Crippen molar-refractivity contribution in [3.8, 4) is 5.88 Å². The van der Waals surface area contributed by atoms with Gasteiger partial charge in [0.2, 0.25) is 18.3 Å². The maximum Gasteiger partial charge on any atom is 0.311 e. The first kappa shape index (κ1) is 31.4. The zero-order chi connectivity index (χ0) is 37.8. The highest BCUT2D eigenvalue weighted by Crippen LogP contribution is 2.37. The predicted octanol–water partition coefficient (Wildman–Crippen LogP) is 5.89. The fraction of sp³-hybridized carbons (Fsp3) is 0.667. The number of hydrogen-bond acceptors (Lipinski definition) is 11. The Labute approximate surface area is 284 Å². The fourth-order valence-electron chi connectivity index (χ4n) is 3.91. The van der Waals surface area contributed by atoms with Gasteiger partial charge in [-0.15, -0.1) is 5.10 Å². The summed E-state index contributed by atoms with van der Waals surface area (Å²) in [5.74, 6) is -3.45. The van der Waals surface area contributed by atoms with Crippen molar-refractivity contribution in [2.75, 3.05) is 6.61 Å². The monoisotopic (exact) mass is 714 g/mol. The first-order chi connectivity index (χ1) is 23.1. The molecule has 0 bridgehead atoms. The largest absolute Gasteiger partial charge is 0.462 e. The Kier molecular flexibility index (Phi) is 9.22. The zero-order valence-corrected chi connectivity index (χ0v) is 29.1. The van der Waals surface area contributed by atoms with Crippen LogP contribution in [0.1, 0.15) is 88.5 Å². The molecule has 0 amide bonds. The maximum absolute atomic E-state index is 13.6. The van der Waals surface area contributed by atoms with Gasteiger partial charge in [-0.1, -0.05) is 6.07 Å². The Morgan fingerprint density at radius 2 is 1.30 bits per heavy atom. The van der Waals surface area contributed by atoms with E-state index in [1.807, 2.05) is 0 Å². The molecule has 1 unspecified atom stereocenters. The first-order valence-electron chi connectivity index (χ1n) is 17.4. The van der Waals surface area contributed by atoms with Crippen molar-refractivity contribution in [1.82, 2.24) is 10.2 Å². The van der Waals surface area contributed by atoms with Gasteiger partial charge in [-0.2, -0.15) is 0 Å². The van der Waals surface area contributed by atoms with Crippen LogP contribution in [0, 0.1) is 21.7 Å². The summed E-state index contributed by atoms with van der Waals surface area (Å²) in [6.45, 7) is 9.86. The highest BCUT2D eigenvalue weighted by atomic mass is 79.9. The molecule has 1 aliphatic rings. The molecule has 1 aromatic carbocycles. The van der Waals surface area contributed by atoms with Crippen LogP contribution in [-0.2, 0) is 42.9 Å². The van der Waals surface area contributed by atoms with Crippen LogP contribution in [0.4, 0.5) is 0 Å².